The third kappa shape index (κ3) is 3.64. The molecule has 0 atom stereocenters. The summed E-state index contributed by atoms with van der Waals surface area (Å²) in [6.07, 6.45) is 0. The van der Waals surface area contributed by atoms with Crippen molar-refractivity contribution < 1.29 is 23.8 Å². The van der Waals surface area contributed by atoms with E-state index in [1.807, 2.05) is 0 Å². The fourth-order valence-electron chi connectivity index (χ4n) is 3.51. The number of carbonyl (C=O) groups is 1. The van der Waals surface area contributed by atoms with Crippen LogP contribution in [0.25, 0.3) is 33.4 Å². The molecule has 0 radical (unpaired) electrons. The van der Waals surface area contributed by atoms with Crippen molar-refractivity contribution in [3.8, 4) is 39.7 Å². The van der Waals surface area contributed by atoms with Gasteiger partial charge in [0.25, 0.3) is 0 Å². The number of phenols is 1. The molecule has 0 spiro atoms. The molecular weight excluding hydrogens is 396 g/mol. The van der Waals surface area contributed by atoms with Gasteiger partial charge in [0.1, 0.15) is 28.4 Å². The minimum atomic E-state index is -0.273. The number of fused-ring (bicyclic) bond motifs is 1. The third-order valence-electron chi connectivity index (χ3n) is 5.10. The minimum Gasteiger partial charge on any atom is -0.508 e. The lowest BCUT2D eigenvalue weighted by molar-refractivity contribution is 0.101. The zero-order valence-corrected chi connectivity index (χ0v) is 17.3. The summed E-state index contributed by atoms with van der Waals surface area (Å²) < 4.78 is 17.2. The van der Waals surface area contributed by atoms with Gasteiger partial charge in [-0.3, -0.25) is 9.59 Å². The second-order valence-corrected chi connectivity index (χ2v) is 7.02. The van der Waals surface area contributed by atoms with Crippen LogP contribution in [0.4, 0.5) is 0 Å². The molecule has 4 rings (SSSR count). The molecule has 156 valence electrons. The minimum absolute atomic E-state index is 0.0424. The first-order valence-electron chi connectivity index (χ1n) is 9.56. The first-order valence-corrected chi connectivity index (χ1v) is 9.56. The Kier molecular flexibility index (Phi) is 5.21. The number of methoxy groups -OCH3 is 2. The highest BCUT2D eigenvalue weighted by molar-refractivity contribution is 6.01. The standard InChI is InChI=1S/C25H20O6/c1-14(26)15-4-6-17(7-5-15)23-21(29-2)13-22(30-3)24-19(28)12-20(31-25(23)24)16-8-10-18(27)11-9-16/h4-13,27H,1-3H3. The number of ketones is 1. The molecule has 0 saturated carbocycles. The molecule has 0 unspecified atom stereocenters. The van der Waals surface area contributed by atoms with Gasteiger partial charge in [0.05, 0.1) is 19.8 Å². The smallest absolute Gasteiger partial charge is 0.197 e. The average molecular weight is 416 g/mol. The summed E-state index contributed by atoms with van der Waals surface area (Å²) in [6, 6.07) is 16.4. The number of rotatable bonds is 5. The highest BCUT2D eigenvalue weighted by atomic mass is 16.5. The van der Waals surface area contributed by atoms with Crippen molar-refractivity contribution in [2.75, 3.05) is 14.2 Å². The van der Waals surface area contributed by atoms with E-state index in [4.69, 9.17) is 13.9 Å². The zero-order chi connectivity index (χ0) is 22.1. The van der Waals surface area contributed by atoms with Crippen LogP contribution in [0.2, 0.25) is 0 Å². The van der Waals surface area contributed by atoms with Gasteiger partial charge in [0.2, 0.25) is 0 Å². The summed E-state index contributed by atoms with van der Waals surface area (Å²) in [4.78, 5) is 24.7. The van der Waals surface area contributed by atoms with Crippen molar-refractivity contribution >= 4 is 16.8 Å². The van der Waals surface area contributed by atoms with Gasteiger partial charge >= 0.3 is 0 Å². The summed E-state index contributed by atoms with van der Waals surface area (Å²) in [5, 5.41) is 9.86. The SMILES string of the molecule is COc1cc(OC)c2c(=O)cc(-c3ccc(O)cc3)oc2c1-c1ccc(C(C)=O)cc1. The average Bonchev–Trinajstić information content (AvgIpc) is 2.78. The topological polar surface area (TPSA) is 86.0 Å². The van der Waals surface area contributed by atoms with Gasteiger partial charge < -0.3 is 19.0 Å². The van der Waals surface area contributed by atoms with Crippen LogP contribution in [-0.2, 0) is 0 Å². The number of carbonyl (C=O) groups excluding carboxylic acids is 1. The first kappa shape index (κ1) is 20.2. The van der Waals surface area contributed by atoms with Crippen LogP contribution in [0.5, 0.6) is 17.2 Å². The summed E-state index contributed by atoms with van der Waals surface area (Å²) >= 11 is 0. The highest BCUT2D eigenvalue weighted by Crippen LogP contribution is 2.42. The molecule has 0 saturated heterocycles. The number of hydrogen-bond donors (Lipinski definition) is 1. The lowest BCUT2D eigenvalue weighted by Gasteiger charge is -2.15. The molecule has 1 aromatic heterocycles. The van der Waals surface area contributed by atoms with E-state index < -0.39 is 0 Å². The van der Waals surface area contributed by atoms with E-state index in [0.717, 1.165) is 5.56 Å². The number of aromatic hydroxyl groups is 1. The zero-order valence-electron chi connectivity index (χ0n) is 17.3. The molecule has 0 aliphatic heterocycles. The Morgan fingerprint density at radius 3 is 2.06 bits per heavy atom. The van der Waals surface area contributed by atoms with Gasteiger partial charge in [-0.1, -0.05) is 24.3 Å². The van der Waals surface area contributed by atoms with Crippen LogP contribution in [0, 0.1) is 0 Å². The van der Waals surface area contributed by atoms with Gasteiger partial charge in [0.15, 0.2) is 16.8 Å². The fraction of sp³-hybridized carbons (Fsp3) is 0.120. The fourth-order valence-corrected chi connectivity index (χ4v) is 3.51. The molecule has 3 aromatic carbocycles. The highest BCUT2D eigenvalue weighted by Gasteiger charge is 2.21. The third-order valence-corrected chi connectivity index (χ3v) is 5.10. The summed E-state index contributed by atoms with van der Waals surface area (Å²) in [5.74, 6) is 1.21. The van der Waals surface area contributed by atoms with E-state index in [0.29, 0.717) is 39.5 Å². The van der Waals surface area contributed by atoms with Crippen LogP contribution in [0.15, 0.2) is 69.9 Å². The Hall–Kier alpha value is -4.06. The van der Waals surface area contributed by atoms with E-state index in [-0.39, 0.29) is 22.3 Å². The molecule has 0 aliphatic carbocycles. The van der Waals surface area contributed by atoms with Crippen molar-refractivity contribution in [2.24, 2.45) is 0 Å². The first-order chi connectivity index (χ1) is 14.9. The normalized spacial score (nSPS) is 10.8. The van der Waals surface area contributed by atoms with Crippen LogP contribution in [0.1, 0.15) is 17.3 Å². The second-order valence-electron chi connectivity index (χ2n) is 7.02. The number of phenolic OH excluding ortho intramolecular Hbond substituents is 1. The molecule has 0 fully saturated rings. The molecule has 0 bridgehead atoms. The Balaban J connectivity index is 2.06. The summed E-state index contributed by atoms with van der Waals surface area (Å²) in [5.41, 5.74) is 2.54. The maximum absolute atomic E-state index is 13.1. The van der Waals surface area contributed by atoms with Crippen LogP contribution in [0.3, 0.4) is 0 Å². The van der Waals surface area contributed by atoms with Crippen molar-refractivity contribution in [2.45, 2.75) is 6.92 Å². The summed E-state index contributed by atoms with van der Waals surface area (Å²) in [6.45, 7) is 1.50. The Labute approximate surface area is 178 Å². The number of ether oxygens (including phenoxy) is 2. The largest absolute Gasteiger partial charge is 0.508 e. The molecule has 0 amide bonds. The predicted octanol–water partition coefficient (Wildman–Crippen LogP) is 5.05. The molecule has 6 nitrogen and oxygen atoms in total. The Morgan fingerprint density at radius 1 is 0.871 bits per heavy atom. The van der Waals surface area contributed by atoms with E-state index in [2.05, 4.69) is 0 Å². The maximum atomic E-state index is 13.1. The van der Waals surface area contributed by atoms with Gasteiger partial charge in [-0.05, 0) is 36.8 Å². The maximum Gasteiger partial charge on any atom is 0.197 e. The summed E-state index contributed by atoms with van der Waals surface area (Å²) in [7, 11) is 3.00. The Bertz CT molecular complexity index is 1330. The number of benzene rings is 3. The lowest BCUT2D eigenvalue weighted by Crippen LogP contribution is -2.05. The molecule has 6 heteroatoms. The monoisotopic (exact) mass is 416 g/mol. The van der Waals surface area contributed by atoms with Crippen molar-refractivity contribution in [3.05, 3.63) is 76.5 Å². The van der Waals surface area contributed by atoms with Crippen LogP contribution in [-0.4, -0.2) is 25.1 Å². The van der Waals surface area contributed by atoms with E-state index in [1.165, 1.54) is 39.3 Å². The van der Waals surface area contributed by atoms with E-state index in [9.17, 15) is 14.7 Å². The van der Waals surface area contributed by atoms with Crippen LogP contribution >= 0.6 is 0 Å². The molecule has 0 aliphatic rings. The van der Waals surface area contributed by atoms with Crippen LogP contribution < -0.4 is 14.9 Å². The van der Waals surface area contributed by atoms with E-state index >= 15 is 0 Å². The second kappa shape index (κ2) is 7.99. The van der Waals surface area contributed by atoms with Gasteiger partial charge in [-0.2, -0.15) is 0 Å². The molecule has 1 N–H and O–H groups in total. The van der Waals surface area contributed by atoms with Crippen molar-refractivity contribution in [1.29, 1.82) is 0 Å². The Morgan fingerprint density at radius 2 is 1.48 bits per heavy atom. The van der Waals surface area contributed by atoms with Gasteiger partial charge in [-0.15, -0.1) is 0 Å². The molecule has 4 aromatic rings. The predicted molar refractivity (Wildman–Crippen MR) is 118 cm³/mol. The number of hydrogen-bond acceptors (Lipinski definition) is 6. The molecule has 1 heterocycles. The van der Waals surface area contributed by atoms with Crippen molar-refractivity contribution in [1.82, 2.24) is 0 Å². The van der Waals surface area contributed by atoms with Gasteiger partial charge in [0, 0.05) is 23.3 Å². The lowest BCUT2D eigenvalue weighted by atomic mass is 9.98. The molecular formula is C25H20O6. The quantitative estimate of drug-likeness (QED) is 0.458. The molecule has 31 heavy (non-hydrogen) atoms. The van der Waals surface area contributed by atoms with Crippen molar-refractivity contribution in [3.63, 3.8) is 0 Å². The van der Waals surface area contributed by atoms with E-state index in [1.54, 1.807) is 42.5 Å². The number of Topliss-reactive ketones (excluding diaryl/α,β-unsaturated/α-hetero) is 1. The van der Waals surface area contributed by atoms with Gasteiger partial charge in [-0.25, -0.2) is 0 Å².